The van der Waals surface area contributed by atoms with Crippen molar-refractivity contribution in [2.45, 2.75) is 13.3 Å². The minimum Gasteiger partial charge on any atom is -0.453 e. The van der Waals surface area contributed by atoms with Crippen LogP contribution in [0.2, 0.25) is 0 Å². The van der Waals surface area contributed by atoms with Crippen molar-refractivity contribution in [3.8, 4) is 0 Å². The van der Waals surface area contributed by atoms with Gasteiger partial charge in [-0.05, 0) is 36.8 Å². The van der Waals surface area contributed by atoms with Crippen LogP contribution in [0, 0.1) is 6.92 Å². The first-order valence-corrected chi connectivity index (χ1v) is 6.15. The fraction of sp³-hybridized carbons (Fsp3) is 0.125. The van der Waals surface area contributed by atoms with Crippen molar-refractivity contribution in [3.63, 3.8) is 0 Å². The van der Waals surface area contributed by atoms with Crippen LogP contribution in [0.1, 0.15) is 21.7 Å². The van der Waals surface area contributed by atoms with E-state index in [1.54, 1.807) is 18.5 Å². The number of rotatable bonds is 3. The zero-order valence-electron chi connectivity index (χ0n) is 10.6. The molecule has 0 spiro atoms. The molecular weight excluding hydrogens is 238 g/mol. The van der Waals surface area contributed by atoms with E-state index in [4.69, 9.17) is 4.42 Å². The quantitative estimate of drug-likeness (QED) is 0.668. The number of carbonyl (C=O) groups excluding carboxylic acids is 1. The Kier molecular flexibility index (Phi) is 2.88. The highest BCUT2D eigenvalue weighted by atomic mass is 16.3. The second-order valence-corrected chi connectivity index (χ2v) is 4.61. The number of fused-ring (bicyclic) bond motifs is 1. The molecule has 19 heavy (non-hydrogen) atoms. The molecule has 0 aliphatic carbocycles. The monoisotopic (exact) mass is 251 g/mol. The van der Waals surface area contributed by atoms with Gasteiger partial charge in [-0.15, -0.1) is 0 Å². The van der Waals surface area contributed by atoms with Gasteiger partial charge in [0.15, 0.2) is 5.76 Å². The van der Waals surface area contributed by atoms with Gasteiger partial charge in [-0.2, -0.15) is 0 Å². The van der Waals surface area contributed by atoms with Crippen LogP contribution in [0.15, 0.2) is 53.2 Å². The Hall–Kier alpha value is -2.42. The van der Waals surface area contributed by atoms with E-state index < -0.39 is 0 Å². The maximum Gasteiger partial charge on any atom is 0.202 e. The number of hydrogen-bond donors (Lipinski definition) is 0. The molecule has 0 atom stereocenters. The lowest BCUT2D eigenvalue weighted by Gasteiger charge is -1.96. The highest BCUT2D eigenvalue weighted by Crippen LogP contribution is 2.21. The Morgan fingerprint density at radius 3 is 2.95 bits per heavy atom. The van der Waals surface area contributed by atoms with Crippen molar-refractivity contribution in [1.82, 2.24) is 4.98 Å². The molecule has 0 fully saturated rings. The van der Waals surface area contributed by atoms with E-state index in [9.17, 15) is 4.79 Å². The zero-order valence-corrected chi connectivity index (χ0v) is 10.6. The van der Waals surface area contributed by atoms with Crippen molar-refractivity contribution < 1.29 is 9.21 Å². The summed E-state index contributed by atoms with van der Waals surface area (Å²) >= 11 is 0. The van der Waals surface area contributed by atoms with Crippen LogP contribution in [-0.4, -0.2) is 10.8 Å². The van der Waals surface area contributed by atoms with Crippen LogP contribution in [0.25, 0.3) is 11.0 Å². The number of nitrogens with zero attached hydrogens (tertiary/aromatic N) is 1. The molecule has 2 aromatic heterocycles. The van der Waals surface area contributed by atoms with Crippen molar-refractivity contribution in [2.75, 3.05) is 0 Å². The molecule has 0 amide bonds. The van der Waals surface area contributed by atoms with Gasteiger partial charge in [0.05, 0.1) is 0 Å². The van der Waals surface area contributed by atoms with Crippen molar-refractivity contribution in [1.29, 1.82) is 0 Å². The summed E-state index contributed by atoms with van der Waals surface area (Å²) in [6.07, 6.45) is 3.70. The van der Waals surface area contributed by atoms with E-state index in [-0.39, 0.29) is 5.78 Å². The summed E-state index contributed by atoms with van der Waals surface area (Å²) in [4.78, 5) is 16.2. The third-order valence-corrected chi connectivity index (χ3v) is 3.03. The molecule has 3 aromatic rings. The topological polar surface area (TPSA) is 43.1 Å². The number of furan rings is 1. The van der Waals surface area contributed by atoms with Gasteiger partial charge in [-0.25, -0.2) is 0 Å². The van der Waals surface area contributed by atoms with Crippen LogP contribution in [0.3, 0.4) is 0 Å². The molecule has 3 heteroatoms. The van der Waals surface area contributed by atoms with E-state index in [1.807, 2.05) is 37.3 Å². The average molecular weight is 251 g/mol. The number of benzene rings is 1. The number of pyridine rings is 1. The standard InChI is InChI=1S/C16H13NO2/c1-11-4-5-15-13(7-11)9-16(19-15)14(18)8-12-3-2-6-17-10-12/h2-7,9-10H,8H2,1H3. The Balaban J connectivity index is 1.89. The number of carbonyl (C=O) groups is 1. The van der Waals surface area contributed by atoms with Crippen LogP contribution in [-0.2, 0) is 6.42 Å². The normalized spacial score (nSPS) is 10.8. The van der Waals surface area contributed by atoms with Gasteiger partial charge in [0.2, 0.25) is 5.78 Å². The van der Waals surface area contributed by atoms with E-state index >= 15 is 0 Å². The van der Waals surface area contributed by atoms with Gasteiger partial charge < -0.3 is 4.42 Å². The molecule has 0 saturated heterocycles. The molecule has 0 N–H and O–H groups in total. The van der Waals surface area contributed by atoms with Gasteiger partial charge in [0.25, 0.3) is 0 Å². The van der Waals surface area contributed by atoms with Crippen molar-refractivity contribution >= 4 is 16.8 Å². The third-order valence-electron chi connectivity index (χ3n) is 3.03. The molecular formula is C16H13NO2. The summed E-state index contributed by atoms with van der Waals surface area (Å²) in [6, 6.07) is 11.4. The summed E-state index contributed by atoms with van der Waals surface area (Å²) < 4.78 is 5.59. The number of Topliss-reactive ketones (excluding diaryl/α,β-unsaturated/α-hetero) is 1. The Morgan fingerprint density at radius 1 is 1.26 bits per heavy atom. The fourth-order valence-corrected chi connectivity index (χ4v) is 2.08. The van der Waals surface area contributed by atoms with Crippen LogP contribution < -0.4 is 0 Å². The first-order valence-electron chi connectivity index (χ1n) is 6.15. The maximum absolute atomic E-state index is 12.1. The van der Waals surface area contributed by atoms with Crippen LogP contribution in [0.5, 0.6) is 0 Å². The summed E-state index contributed by atoms with van der Waals surface area (Å²) in [5, 5.41) is 0.967. The highest BCUT2D eigenvalue weighted by Gasteiger charge is 2.13. The average Bonchev–Trinajstić information content (AvgIpc) is 2.83. The number of hydrogen-bond acceptors (Lipinski definition) is 3. The molecule has 0 unspecified atom stereocenters. The minimum absolute atomic E-state index is 0.0261. The lowest BCUT2D eigenvalue weighted by atomic mass is 10.1. The minimum atomic E-state index is -0.0261. The molecule has 3 rings (SSSR count). The molecule has 0 bridgehead atoms. The second-order valence-electron chi connectivity index (χ2n) is 4.61. The lowest BCUT2D eigenvalue weighted by Crippen LogP contribution is -2.01. The summed E-state index contributed by atoms with van der Waals surface area (Å²) in [5.41, 5.74) is 2.80. The zero-order chi connectivity index (χ0) is 13.2. The Bertz CT molecular complexity index is 729. The van der Waals surface area contributed by atoms with Gasteiger partial charge in [-0.3, -0.25) is 9.78 Å². The molecule has 94 valence electrons. The summed E-state index contributed by atoms with van der Waals surface area (Å²) in [7, 11) is 0. The van der Waals surface area contributed by atoms with E-state index in [2.05, 4.69) is 4.98 Å². The molecule has 0 aliphatic rings. The molecule has 1 aromatic carbocycles. The Labute approximate surface area is 110 Å². The van der Waals surface area contributed by atoms with E-state index in [0.717, 1.165) is 22.1 Å². The molecule has 0 aliphatic heterocycles. The van der Waals surface area contributed by atoms with Crippen LogP contribution in [0.4, 0.5) is 0 Å². The largest absolute Gasteiger partial charge is 0.453 e. The third kappa shape index (κ3) is 2.40. The smallest absolute Gasteiger partial charge is 0.202 e. The van der Waals surface area contributed by atoms with Gasteiger partial charge in [0, 0.05) is 24.2 Å². The van der Waals surface area contributed by atoms with Gasteiger partial charge in [0.1, 0.15) is 5.58 Å². The number of aromatic nitrogens is 1. The van der Waals surface area contributed by atoms with E-state index in [0.29, 0.717) is 12.2 Å². The fourth-order valence-electron chi connectivity index (χ4n) is 2.08. The van der Waals surface area contributed by atoms with Crippen LogP contribution >= 0.6 is 0 Å². The molecule has 3 nitrogen and oxygen atoms in total. The number of aryl methyl sites for hydroxylation is 1. The number of ketones is 1. The van der Waals surface area contributed by atoms with Crippen molar-refractivity contribution in [3.05, 3.63) is 65.7 Å². The molecule has 0 saturated carbocycles. The first-order chi connectivity index (χ1) is 9.22. The maximum atomic E-state index is 12.1. The Morgan fingerprint density at radius 2 is 2.16 bits per heavy atom. The van der Waals surface area contributed by atoms with Gasteiger partial charge >= 0.3 is 0 Å². The summed E-state index contributed by atoms with van der Waals surface area (Å²) in [5.74, 6) is 0.381. The molecule has 2 heterocycles. The highest BCUT2D eigenvalue weighted by molar-refractivity contribution is 5.98. The first kappa shape index (κ1) is 11.7. The van der Waals surface area contributed by atoms with Crippen molar-refractivity contribution in [2.24, 2.45) is 0 Å². The summed E-state index contributed by atoms with van der Waals surface area (Å²) in [6.45, 7) is 2.02. The van der Waals surface area contributed by atoms with Gasteiger partial charge in [-0.1, -0.05) is 17.7 Å². The SMILES string of the molecule is Cc1ccc2oc(C(=O)Cc3cccnc3)cc2c1. The molecule has 0 radical (unpaired) electrons. The lowest BCUT2D eigenvalue weighted by molar-refractivity contribution is 0.0968. The predicted molar refractivity (Wildman–Crippen MR) is 73.2 cm³/mol. The predicted octanol–water partition coefficient (Wildman–Crippen LogP) is 3.56. The van der Waals surface area contributed by atoms with E-state index in [1.165, 1.54) is 0 Å². The second kappa shape index (κ2) is 4.69.